The number of carboxylic acid groups (broad SMARTS) is 1. The largest absolute Gasteiger partial charge is 0.481 e. The van der Waals surface area contributed by atoms with Crippen molar-refractivity contribution in [3.63, 3.8) is 0 Å². The van der Waals surface area contributed by atoms with Crippen molar-refractivity contribution in [1.82, 2.24) is 4.90 Å². The summed E-state index contributed by atoms with van der Waals surface area (Å²) in [6.45, 7) is 4.66. The molecule has 0 spiro atoms. The quantitative estimate of drug-likeness (QED) is 0.671. The zero-order chi connectivity index (χ0) is 10.7. The third-order valence-corrected chi connectivity index (χ3v) is 2.61. The summed E-state index contributed by atoms with van der Waals surface area (Å²) in [5, 5.41) is 8.70. The van der Waals surface area contributed by atoms with Gasteiger partial charge in [0, 0.05) is 13.1 Å². The van der Waals surface area contributed by atoms with E-state index in [0.717, 1.165) is 6.54 Å². The average molecular weight is 199 g/mol. The Morgan fingerprint density at radius 1 is 1.50 bits per heavy atom. The summed E-state index contributed by atoms with van der Waals surface area (Å²) in [6.07, 6.45) is 2.34. The first-order valence-corrected chi connectivity index (χ1v) is 5.07. The van der Waals surface area contributed by atoms with Gasteiger partial charge in [-0.3, -0.25) is 9.59 Å². The Hall–Kier alpha value is -1.06. The zero-order valence-corrected chi connectivity index (χ0v) is 8.69. The Morgan fingerprint density at radius 2 is 2.07 bits per heavy atom. The molecular weight excluding hydrogens is 182 g/mol. The fourth-order valence-corrected chi connectivity index (χ4v) is 1.37. The molecule has 0 aromatic rings. The Labute approximate surface area is 83.9 Å². The number of hydrogen-bond acceptors (Lipinski definition) is 2. The first-order valence-electron chi connectivity index (χ1n) is 5.07. The van der Waals surface area contributed by atoms with Gasteiger partial charge in [0.25, 0.3) is 0 Å². The van der Waals surface area contributed by atoms with Crippen molar-refractivity contribution in [3.8, 4) is 0 Å². The van der Waals surface area contributed by atoms with E-state index in [1.165, 1.54) is 19.8 Å². The van der Waals surface area contributed by atoms with E-state index in [0.29, 0.717) is 12.5 Å². The SMILES string of the molecule is CCN(CC1CC1)C(=O)C(C)C(=O)O. The van der Waals surface area contributed by atoms with Crippen LogP contribution in [0.3, 0.4) is 0 Å². The van der Waals surface area contributed by atoms with Gasteiger partial charge in [-0.25, -0.2) is 0 Å². The van der Waals surface area contributed by atoms with Crippen LogP contribution < -0.4 is 0 Å². The van der Waals surface area contributed by atoms with Crippen molar-refractivity contribution < 1.29 is 14.7 Å². The highest BCUT2D eigenvalue weighted by molar-refractivity contribution is 5.96. The third-order valence-electron chi connectivity index (χ3n) is 2.61. The first-order chi connectivity index (χ1) is 6.56. The first kappa shape index (κ1) is 11.0. The maximum Gasteiger partial charge on any atom is 0.315 e. The predicted octanol–water partition coefficient (Wildman–Crippen LogP) is 0.966. The summed E-state index contributed by atoms with van der Waals surface area (Å²) >= 11 is 0. The predicted molar refractivity (Wildman–Crippen MR) is 51.8 cm³/mol. The lowest BCUT2D eigenvalue weighted by atomic mass is 10.1. The highest BCUT2D eigenvalue weighted by Gasteiger charge is 2.30. The summed E-state index contributed by atoms with van der Waals surface area (Å²) in [6, 6.07) is 0. The Bertz CT molecular complexity index is 236. The smallest absolute Gasteiger partial charge is 0.315 e. The second-order valence-corrected chi connectivity index (χ2v) is 3.88. The number of nitrogens with zero attached hydrogens (tertiary/aromatic N) is 1. The van der Waals surface area contributed by atoms with E-state index in [1.807, 2.05) is 6.92 Å². The lowest BCUT2D eigenvalue weighted by Gasteiger charge is -2.22. The number of carboxylic acids is 1. The average Bonchev–Trinajstić information content (AvgIpc) is 2.95. The van der Waals surface area contributed by atoms with E-state index in [-0.39, 0.29) is 5.91 Å². The molecular formula is C10H17NO3. The number of amides is 1. The molecule has 1 amide bonds. The van der Waals surface area contributed by atoms with Gasteiger partial charge in [-0.05, 0) is 32.6 Å². The highest BCUT2D eigenvalue weighted by atomic mass is 16.4. The molecule has 0 aliphatic heterocycles. The van der Waals surface area contributed by atoms with E-state index in [4.69, 9.17) is 5.11 Å². The third kappa shape index (κ3) is 2.72. The topological polar surface area (TPSA) is 57.6 Å². The van der Waals surface area contributed by atoms with Crippen molar-refractivity contribution in [2.75, 3.05) is 13.1 Å². The molecule has 0 bridgehead atoms. The maximum atomic E-state index is 11.6. The van der Waals surface area contributed by atoms with Crippen molar-refractivity contribution >= 4 is 11.9 Å². The summed E-state index contributed by atoms with van der Waals surface area (Å²) in [5.41, 5.74) is 0. The molecule has 80 valence electrons. The van der Waals surface area contributed by atoms with Crippen molar-refractivity contribution in [3.05, 3.63) is 0 Å². The van der Waals surface area contributed by atoms with Crippen LogP contribution in [-0.2, 0) is 9.59 Å². The standard InChI is InChI=1S/C10H17NO3/c1-3-11(6-8-4-5-8)9(12)7(2)10(13)14/h7-8H,3-6H2,1-2H3,(H,13,14). The Morgan fingerprint density at radius 3 is 2.43 bits per heavy atom. The van der Waals surface area contributed by atoms with Gasteiger partial charge in [-0.15, -0.1) is 0 Å². The molecule has 1 unspecified atom stereocenters. The van der Waals surface area contributed by atoms with Crippen LogP contribution in [0.2, 0.25) is 0 Å². The molecule has 0 radical (unpaired) electrons. The fraction of sp³-hybridized carbons (Fsp3) is 0.800. The van der Waals surface area contributed by atoms with Crippen LogP contribution >= 0.6 is 0 Å². The molecule has 1 saturated carbocycles. The molecule has 1 aliphatic carbocycles. The van der Waals surface area contributed by atoms with Crippen molar-refractivity contribution in [2.45, 2.75) is 26.7 Å². The Balaban J connectivity index is 2.49. The normalized spacial score (nSPS) is 17.6. The van der Waals surface area contributed by atoms with Gasteiger partial charge in [-0.1, -0.05) is 0 Å². The van der Waals surface area contributed by atoms with Crippen LogP contribution in [0.25, 0.3) is 0 Å². The van der Waals surface area contributed by atoms with E-state index >= 15 is 0 Å². The van der Waals surface area contributed by atoms with Crippen LogP contribution in [0.1, 0.15) is 26.7 Å². The van der Waals surface area contributed by atoms with Crippen molar-refractivity contribution in [1.29, 1.82) is 0 Å². The fourth-order valence-electron chi connectivity index (χ4n) is 1.37. The molecule has 4 heteroatoms. The highest BCUT2D eigenvalue weighted by Crippen LogP contribution is 2.29. The van der Waals surface area contributed by atoms with E-state index in [9.17, 15) is 9.59 Å². The summed E-state index contributed by atoms with van der Waals surface area (Å²) < 4.78 is 0. The second-order valence-electron chi connectivity index (χ2n) is 3.88. The molecule has 1 fully saturated rings. The molecule has 0 aromatic heterocycles. The van der Waals surface area contributed by atoms with Gasteiger partial charge in [0.05, 0.1) is 0 Å². The van der Waals surface area contributed by atoms with Gasteiger partial charge >= 0.3 is 5.97 Å². The monoisotopic (exact) mass is 199 g/mol. The zero-order valence-electron chi connectivity index (χ0n) is 8.69. The molecule has 0 aromatic carbocycles. The van der Waals surface area contributed by atoms with E-state index in [1.54, 1.807) is 4.90 Å². The van der Waals surface area contributed by atoms with Gasteiger partial charge in [0.2, 0.25) is 5.91 Å². The van der Waals surface area contributed by atoms with Crippen LogP contribution in [-0.4, -0.2) is 35.0 Å². The number of hydrogen-bond donors (Lipinski definition) is 1. The lowest BCUT2D eigenvalue weighted by Crippen LogP contribution is -2.39. The number of carbonyl (C=O) groups is 2. The Kier molecular flexibility index (Phi) is 3.49. The second kappa shape index (κ2) is 4.44. The summed E-state index contributed by atoms with van der Waals surface area (Å²) in [5.74, 6) is -1.59. The summed E-state index contributed by atoms with van der Waals surface area (Å²) in [4.78, 5) is 23.9. The van der Waals surface area contributed by atoms with Crippen LogP contribution in [0.4, 0.5) is 0 Å². The molecule has 1 rings (SSSR count). The maximum absolute atomic E-state index is 11.6. The molecule has 1 N–H and O–H groups in total. The number of rotatable bonds is 5. The molecule has 14 heavy (non-hydrogen) atoms. The van der Waals surface area contributed by atoms with E-state index < -0.39 is 11.9 Å². The number of aliphatic carboxylic acids is 1. The van der Waals surface area contributed by atoms with Crippen LogP contribution in [0.15, 0.2) is 0 Å². The molecule has 0 heterocycles. The van der Waals surface area contributed by atoms with Gasteiger partial charge < -0.3 is 10.0 Å². The van der Waals surface area contributed by atoms with Crippen molar-refractivity contribution in [2.24, 2.45) is 11.8 Å². The molecule has 0 saturated heterocycles. The molecule has 1 atom stereocenters. The summed E-state index contributed by atoms with van der Waals surface area (Å²) in [7, 11) is 0. The van der Waals surface area contributed by atoms with Gasteiger partial charge in [0.1, 0.15) is 5.92 Å². The van der Waals surface area contributed by atoms with Gasteiger partial charge in [-0.2, -0.15) is 0 Å². The minimum Gasteiger partial charge on any atom is -0.481 e. The van der Waals surface area contributed by atoms with Gasteiger partial charge in [0.15, 0.2) is 0 Å². The molecule has 1 aliphatic rings. The number of carbonyl (C=O) groups excluding carboxylic acids is 1. The van der Waals surface area contributed by atoms with E-state index in [2.05, 4.69) is 0 Å². The lowest BCUT2D eigenvalue weighted by molar-refractivity contribution is -0.150. The van der Waals surface area contributed by atoms with Crippen LogP contribution in [0, 0.1) is 11.8 Å². The van der Waals surface area contributed by atoms with Crippen LogP contribution in [0.5, 0.6) is 0 Å². The minimum atomic E-state index is -1.04. The molecule has 4 nitrogen and oxygen atoms in total. The minimum absolute atomic E-state index is 0.257.